The lowest BCUT2D eigenvalue weighted by Crippen LogP contribution is -2.44. The maximum atomic E-state index is 14.2. The first kappa shape index (κ1) is 38.4. The maximum absolute atomic E-state index is 14.2. The number of carbonyl (C=O) groups is 1. The zero-order chi connectivity index (χ0) is 33.4. The first-order chi connectivity index (χ1) is 20.6. The Balaban J connectivity index is 2.50. The van der Waals surface area contributed by atoms with Crippen molar-refractivity contribution in [1.29, 1.82) is 0 Å². The normalized spacial score (nSPS) is 15.2. The van der Waals surface area contributed by atoms with E-state index in [1.165, 1.54) is 5.56 Å². The number of ether oxygens (including phenoxy) is 1. The van der Waals surface area contributed by atoms with Crippen LogP contribution in [0.2, 0.25) is 18.1 Å². The summed E-state index contributed by atoms with van der Waals surface area (Å²) in [4.78, 5) is 14.9. The van der Waals surface area contributed by atoms with Crippen molar-refractivity contribution >= 4 is 25.1 Å². The highest BCUT2D eigenvalue weighted by Gasteiger charge is 2.36. The molecule has 0 unspecified atom stereocenters. The third-order valence-corrected chi connectivity index (χ3v) is 15.6. The van der Waals surface area contributed by atoms with Crippen molar-refractivity contribution in [3.8, 4) is 0 Å². The van der Waals surface area contributed by atoms with E-state index in [0.717, 1.165) is 41.2 Å². The SMILES string of the molecule is CC[Si](CC)(CC)O[C@@H](C(C)C)[C@@H](C)CC[C@H](OC(=O)c1c(C(C)C)cc(C(C)C)cc1C(C)C)[S@](=O)c1ccc(C)cc1. The van der Waals surface area contributed by atoms with Crippen LogP contribution in [0.1, 0.15) is 146 Å². The Hall–Kier alpha value is -1.76. The molecule has 2 aromatic carbocycles. The number of benzene rings is 2. The van der Waals surface area contributed by atoms with Gasteiger partial charge in [0.2, 0.25) is 0 Å². The molecule has 0 heterocycles. The lowest BCUT2D eigenvalue weighted by atomic mass is 9.84. The van der Waals surface area contributed by atoms with Crippen LogP contribution in [0.15, 0.2) is 41.3 Å². The number of hydrogen-bond donors (Lipinski definition) is 0. The van der Waals surface area contributed by atoms with Crippen LogP contribution in [0, 0.1) is 18.8 Å². The minimum absolute atomic E-state index is 0.120. The summed E-state index contributed by atoms with van der Waals surface area (Å²) in [6, 6.07) is 15.4. The van der Waals surface area contributed by atoms with Gasteiger partial charge in [-0.15, -0.1) is 0 Å². The molecule has 0 fully saturated rings. The number of hydrogen-bond acceptors (Lipinski definition) is 4. The van der Waals surface area contributed by atoms with Crippen molar-refractivity contribution < 1.29 is 18.2 Å². The Morgan fingerprint density at radius 2 is 1.27 bits per heavy atom. The van der Waals surface area contributed by atoms with Crippen LogP contribution in [-0.4, -0.2) is 30.0 Å². The Morgan fingerprint density at radius 3 is 1.68 bits per heavy atom. The van der Waals surface area contributed by atoms with E-state index in [9.17, 15) is 9.00 Å². The van der Waals surface area contributed by atoms with E-state index in [4.69, 9.17) is 9.16 Å². The van der Waals surface area contributed by atoms with Gasteiger partial charge in [-0.2, -0.15) is 0 Å². The molecule has 4 nitrogen and oxygen atoms in total. The Morgan fingerprint density at radius 1 is 0.773 bits per heavy atom. The summed E-state index contributed by atoms with van der Waals surface area (Å²) in [6.45, 7) is 28.4. The van der Waals surface area contributed by atoms with Gasteiger partial charge in [0.1, 0.15) is 0 Å². The van der Waals surface area contributed by atoms with Crippen LogP contribution in [0.4, 0.5) is 0 Å². The third-order valence-electron chi connectivity index (χ3n) is 9.46. The Bertz CT molecular complexity index is 1180. The van der Waals surface area contributed by atoms with E-state index in [-0.39, 0.29) is 29.8 Å². The predicted molar refractivity (Wildman–Crippen MR) is 191 cm³/mol. The number of aryl methyl sites for hydroxylation is 1. The minimum Gasteiger partial charge on any atom is -0.445 e. The molecule has 6 heteroatoms. The number of carbonyl (C=O) groups excluding carboxylic acids is 1. The molecule has 0 N–H and O–H groups in total. The van der Waals surface area contributed by atoms with Gasteiger partial charge in [0.25, 0.3) is 0 Å². The summed E-state index contributed by atoms with van der Waals surface area (Å²) < 4.78 is 27.5. The molecule has 0 amide bonds. The first-order valence-electron chi connectivity index (χ1n) is 17.1. The van der Waals surface area contributed by atoms with Gasteiger partial charge in [0.15, 0.2) is 13.8 Å². The van der Waals surface area contributed by atoms with Crippen molar-refractivity contribution in [2.75, 3.05) is 0 Å². The summed E-state index contributed by atoms with van der Waals surface area (Å²) in [7, 11) is -3.31. The van der Waals surface area contributed by atoms with Crippen molar-refractivity contribution in [2.45, 2.75) is 155 Å². The second kappa shape index (κ2) is 17.2. The van der Waals surface area contributed by atoms with Gasteiger partial charge < -0.3 is 9.16 Å². The molecular weight excluding hydrogens is 581 g/mol. The molecule has 0 radical (unpaired) electrons. The van der Waals surface area contributed by atoms with Crippen LogP contribution in [0.25, 0.3) is 0 Å². The molecule has 0 aliphatic carbocycles. The van der Waals surface area contributed by atoms with Gasteiger partial charge >= 0.3 is 5.97 Å². The van der Waals surface area contributed by atoms with Crippen molar-refractivity contribution in [1.82, 2.24) is 0 Å². The van der Waals surface area contributed by atoms with Crippen LogP contribution in [-0.2, 0) is 20.0 Å². The first-order valence-corrected chi connectivity index (χ1v) is 20.9. The summed E-state index contributed by atoms with van der Waals surface area (Å²) in [5.74, 6) is 0.899. The maximum Gasteiger partial charge on any atom is 0.339 e. The fourth-order valence-corrected chi connectivity index (χ4v) is 10.5. The van der Waals surface area contributed by atoms with Crippen molar-refractivity contribution in [3.05, 3.63) is 64.2 Å². The van der Waals surface area contributed by atoms with E-state index >= 15 is 0 Å². The summed E-state index contributed by atoms with van der Waals surface area (Å²) >= 11 is 0. The Labute approximate surface area is 273 Å². The molecule has 0 aromatic heterocycles. The largest absolute Gasteiger partial charge is 0.445 e. The van der Waals surface area contributed by atoms with Crippen LogP contribution >= 0.6 is 0 Å². The Kier molecular flexibility index (Phi) is 15.1. The molecule has 2 rings (SSSR count). The molecular formula is C38H62O4SSi. The lowest BCUT2D eigenvalue weighted by molar-refractivity contribution is 0.0393. The third kappa shape index (κ3) is 9.87. The molecule has 2 aromatic rings. The van der Waals surface area contributed by atoms with Crippen molar-refractivity contribution in [3.63, 3.8) is 0 Å². The van der Waals surface area contributed by atoms with Gasteiger partial charge in [-0.05, 0) is 96.3 Å². The van der Waals surface area contributed by atoms with Gasteiger partial charge in [-0.25, -0.2) is 4.79 Å². The number of rotatable bonds is 17. The van der Waals surface area contributed by atoms with Crippen LogP contribution in [0.5, 0.6) is 0 Å². The average Bonchev–Trinajstić information content (AvgIpc) is 2.98. The molecule has 0 saturated heterocycles. The standard InChI is InChI=1S/C38H62O4SSi/c1-14-44(15-2,16-3)42-37(28(10)11)30(13)19-22-35(43(40)32-20-17-29(12)18-21-32)41-38(39)36-33(26(6)7)23-31(25(4)5)24-34(36)27(8)9/h17-18,20-21,23-28,30,35,37H,14-16,19,22H2,1-13H3/t30-,35+,37-,43+/m0/s1. The predicted octanol–water partition coefficient (Wildman–Crippen LogP) is 11.1. The lowest BCUT2D eigenvalue weighted by Gasteiger charge is -2.38. The molecule has 0 spiro atoms. The van der Waals surface area contributed by atoms with Crippen LogP contribution < -0.4 is 0 Å². The molecule has 0 aliphatic heterocycles. The monoisotopic (exact) mass is 642 g/mol. The second-order valence-electron chi connectivity index (χ2n) is 14.1. The highest BCUT2D eigenvalue weighted by molar-refractivity contribution is 7.85. The van der Waals surface area contributed by atoms with Crippen molar-refractivity contribution in [2.24, 2.45) is 11.8 Å². The topological polar surface area (TPSA) is 52.6 Å². The van der Waals surface area contributed by atoms with E-state index in [1.807, 2.05) is 31.2 Å². The van der Waals surface area contributed by atoms with Gasteiger partial charge in [-0.1, -0.05) is 113 Å². The molecule has 44 heavy (non-hydrogen) atoms. The van der Waals surface area contributed by atoms with E-state index in [2.05, 4.69) is 95.2 Å². The molecule has 0 bridgehead atoms. The molecule has 0 aliphatic rings. The molecule has 4 atom stereocenters. The second-order valence-corrected chi connectivity index (χ2v) is 20.4. The highest BCUT2D eigenvalue weighted by Crippen LogP contribution is 2.35. The van der Waals surface area contributed by atoms with Gasteiger partial charge in [-0.3, -0.25) is 4.21 Å². The highest BCUT2D eigenvalue weighted by atomic mass is 32.2. The zero-order valence-corrected chi connectivity index (χ0v) is 31.9. The molecule has 0 saturated carbocycles. The van der Waals surface area contributed by atoms with E-state index in [0.29, 0.717) is 28.7 Å². The quantitative estimate of drug-likeness (QED) is 0.127. The smallest absolute Gasteiger partial charge is 0.339 e. The fourth-order valence-electron chi connectivity index (χ4n) is 6.16. The van der Waals surface area contributed by atoms with Crippen LogP contribution in [0.3, 0.4) is 0 Å². The average molecular weight is 643 g/mol. The molecule has 248 valence electrons. The van der Waals surface area contributed by atoms with Gasteiger partial charge in [0, 0.05) is 11.0 Å². The summed E-state index contributed by atoms with van der Waals surface area (Å²) in [6.07, 6.45) is 1.39. The van der Waals surface area contributed by atoms with E-state index in [1.54, 1.807) is 0 Å². The zero-order valence-electron chi connectivity index (χ0n) is 30.1. The minimum atomic E-state index is -1.80. The fraction of sp³-hybridized carbons (Fsp3) is 0.658. The summed E-state index contributed by atoms with van der Waals surface area (Å²) in [5.41, 5.74) is 4.24. The van der Waals surface area contributed by atoms with E-state index < -0.39 is 24.6 Å². The van der Waals surface area contributed by atoms with Gasteiger partial charge in [0.05, 0.1) is 16.4 Å². The summed E-state index contributed by atoms with van der Waals surface area (Å²) in [5, 5.41) is 0. The number of esters is 1.